The van der Waals surface area contributed by atoms with Gasteiger partial charge < -0.3 is 9.72 Å². The number of hydrogen-bond acceptors (Lipinski definition) is 2. The molecule has 134 valence electrons. The van der Waals surface area contributed by atoms with Gasteiger partial charge in [0.15, 0.2) is 0 Å². The monoisotopic (exact) mass is 351 g/mol. The van der Waals surface area contributed by atoms with Crippen LogP contribution in [0.15, 0.2) is 54.9 Å². The van der Waals surface area contributed by atoms with Crippen molar-refractivity contribution in [1.29, 1.82) is 0 Å². The van der Waals surface area contributed by atoms with Crippen molar-refractivity contribution in [3.8, 4) is 0 Å². The summed E-state index contributed by atoms with van der Waals surface area (Å²) < 4.78 is 15.2. The van der Waals surface area contributed by atoms with Gasteiger partial charge in [-0.1, -0.05) is 18.2 Å². The van der Waals surface area contributed by atoms with Gasteiger partial charge >= 0.3 is 0 Å². The van der Waals surface area contributed by atoms with Crippen LogP contribution < -0.4 is 5.32 Å². The van der Waals surface area contributed by atoms with E-state index in [1.165, 1.54) is 12.1 Å². The van der Waals surface area contributed by atoms with Crippen LogP contribution in [0.3, 0.4) is 0 Å². The van der Waals surface area contributed by atoms with Gasteiger partial charge in [-0.25, -0.2) is 9.37 Å². The van der Waals surface area contributed by atoms with Crippen LogP contribution >= 0.6 is 0 Å². The number of carbonyl (C=O) groups excluding carboxylic acids is 1. The quantitative estimate of drug-likeness (QED) is 0.660. The average Bonchev–Trinajstić information content (AvgIpc) is 3.40. The van der Waals surface area contributed by atoms with Gasteiger partial charge in [-0.05, 0) is 55.0 Å². The summed E-state index contributed by atoms with van der Waals surface area (Å²) in [7, 11) is 0. The topological polar surface area (TPSA) is 46.4 Å². The third-order valence-corrected chi connectivity index (χ3v) is 5.00. The highest BCUT2D eigenvalue weighted by Crippen LogP contribution is 2.42. The molecule has 1 atom stereocenters. The first-order valence-corrected chi connectivity index (χ1v) is 9.16. The van der Waals surface area contributed by atoms with Crippen LogP contribution in [-0.2, 0) is 11.2 Å². The molecule has 0 spiro atoms. The molecule has 26 heavy (non-hydrogen) atoms. The van der Waals surface area contributed by atoms with Gasteiger partial charge in [-0.15, -0.1) is 0 Å². The number of aromatic nitrogens is 2. The van der Waals surface area contributed by atoms with Crippen molar-refractivity contribution in [2.24, 2.45) is 5.92 Å². The molecule has 3 aromatic rings. The third-order valence-electron chi connectivity index (χ3n) is 5.00. The fourth-order valence-electron chi connectivity index (χ4n) is 3.49. The Balaban J connectivity index is 1.33. The standard InChI is InChI=1S/C21H22FN3O/c22-17-10-8-16(9-11-17)20(15-6-7-15)21(26)23-12-3-5-19-24-14-18-4-1-2-13-25(18)19/h1-2,4,8-11,13-15,20H,3,5-7,12H2,(H,23,26). The summed E-state index contributed by atoms with van der Waals surface area (Å²) in [6.45, 7) is 0.616. The van der Waals surface area contributed by atoms with Gasteiger partial charge in [-0.3, -0.25) is 4.79 Å². The zero-order chi connectivity index (χ0) is 17.9. The summed E-state index contributed by atoms with van der Waals surface area (Å²) in [6, 6.07) is 12.3. The molecule has 4 nitrogen and oxygen atoms in total. The predicted molar refractivity (Wildman–Crippen MR) is 98.4 cm³/mol. The number of pyridine rings is 1. The maximum atomic E-state index is 13.2. The lowest BCUT2D eigenvalue weighted by Crippen LogP contribution is -2.31. The summed E-state index contributed by atoms with van der Waals surface area (Å²) in [5.74, 6) is 1.01. The molecule has 1 N–H and O–H groups in total. The number of halogens is 1. The number of nitrogens with one attached hydrogen (secondary N) is 1. The summed E-state index contributed by atoms with van der Waals surface area (Å²) >= 11 is 0. The van der Waals surface area contributed by atoms with Crippen LogP contribution in [0.5, 0.6) is 0 Å². The molecule has 1 amide bonds. The molecular formula is C21H22FN3O. The normalized spacial score (nSPS) is 15.1. The van der Waals surface area contributed by atoms with Gasteiger partial charge in [0, 0.05) is 19.2 Å². The highest BCUT2D eigenvalue weighted by Gasteiger charge is 2.37. The van der Waals surface area contributed by atoms with Gasteiger partial charge in [0.1, 0.15) is 11.6 Å². The molecule has 1 aliphatic rings. The van der Waals surface area contributed by atoms with E-state index in [1.54, 1.807) is 12.1 Å². The lowest BCUT2D eigenvalue weighted by atomic mass is 9.93. The van der Waals surface area contributed by atoms with Crippen LogP contribution in [0.1, 0.15) is 36.6 Å². The average molecular weight is 351 g/mol. The largest absolute Gasteiger partial charge is 0.356 e. The van der Waals surface area contributed by atoms with Gasteiger partial charge in [0.05, 0.1) is 17.6 Å². The van der Waals surface area contributed by atoms with E-state index in [2.05, 4.69) is 14.7 Å². The summed E-state index contributed by atoms with van der Waals surface area (Å²) in [6.07, 6.45) is 7.65. The van der Waals surface area contributed by atoms with Crippen molar-refractivity contribution in [3.05, 3.63) is 72.1 Å². The molecule has 5 heteroatoms. The summed E-state index contributed by atoms with van der Waals surface area (Å²) in [5, 5.41) is 3.06. The molecule has 0 bridgehead atoms. The summed E-state index contributed by atoms with van der Waals surface area (Å²) in [5.41, 5.74) is 1.99. The number of hydrogen-bond donors (Lipinski definition) is 1. The molecule has 1 aromatic carbocycles. The Kier molecular flexibility index (Phi) is 4.69. The van der Waals surface area contributed by atoms with Crippen molar-refractivity contribution in [2.45, 2.75) is 31.6 Å². The Hall–Kier alpha value is -2.69. The van der Waals surface area contributed by atoms with E-state index >= 15 is 0 Å². The fraction of sp³-hybridized carbons (Fsp3) is 0.333. The van der Waals surface area contributed by atoms with E-state index in [9.17, 15) is 9.18 Å². The van der Waals surface area contributed by atoms with E-state index in [0.717, 1.165) is 42.6 Å². The van der Waals surface area contributed by atoms with E-state index in [4.69, 9.17) is 0 Å². The van der Waals surface area contributed by atoms with Crippen LogP contribution in [-0.4, -0.2) is 21.8 Å². The molecule has 2 aromatic heterocycles. The SMILES string of the molecule is O=C(NCCCc1ncc2ccccn12)C(c1ccc(F)cc1)C1CC1. The van der Waals surface area contributed by atoms with E-state index in [0.29, 0.717) is 12.5 Å². The number of amides is 1. The smallest absolute Gasteiger partial charge is 0.227 e. The summed E-state index contributed by atoms with van der Waals surface area (Å²) in [4.78, 5) is 17.1. The Morgan fingerprint density at radius 2 is 2.04 bits per heavy atom. The number of carbonyl (C=O) groups is 1. The second kappa shape index (κ2) is 7.28. The first kappa shape index (κ1) is 16.8. The molecule has 2 heterocycles. The van der Waals surface area contributed by atoms with Crippen molar-refractivity contribution in [1.82, 2.24) is 14.7 Å². The van der Waals surface area contributed by atoms with Gasteiger partial charge in [0.2, 0.25) is 5.91 Å². The molecule has 1 aliphatic carbocycles. The maximum absolute atomic E-state index is 13.2. The first-order valence-electron chi connectivity index (χ1n) is 9.16. The zero-order valence-electron chi connectivity index (χ0n) is 14.6. The molecule has 0 radical (unpaired) electrons. The van der Waals surface area contributed by atoms with Gasteiger partial charge in [0.25, 0.3) is 0 Å². The number of imidazole rings is 1. The molecule has 1 unspecified atom stereocenters. The second-order valence-electron chi connectivity index (χ2n) is 6.93. The van der Waals surface area contributed by atoms with Crippen molar-refractivity contribution >= 4 is 11.4 Å². The Bertz CT molecular complexity index is 899. The Morgan fingerprint density at radius 3 is 2.81 bits per heavy atom. The lowest BCUT2D eigenvalue weighted by molar-refractivity contribution is -0.123. The second-order valence-corrected chi connectivity index (χ2v) is 6.93. The predicted octanol–water partition coefficient (Wildman–Crippen LogP) is 3.72. The molecule has 1 saturated carbocycles. The van der Waals surface area contributed by atoms with Crippen LogP contribution in [0.4, 0.5) is 4.39 Å². The molecule has 1 fully saturated rings. The van der Waals surface area contributed by atoms with Gasteiger partial charge in [-0.2, -0.15) is 0 Å². The Labute approximate surface area is 152 Å². The highest BCUT2D eigenvalue weighted by molar-refractivity contribution is 5.84. The molecule has 0 aliphatic heterocycles. The van der Waals surface area contributed by atoms with Crippen LogP contribution in [0.2, 0.25) is 0 Å². The number of aryl methyl sites for hydroxylation is 1. The Morgan fingerprint density at radius 1 is 1.23 bits per heavy atom. The minimum Gasteiger partial charge on any atom is -0.356 e. The van der Waals surface area contributed by atoms with E-state index < -0.39 is 0 Å². The maximum Gasteiger partial charge on any atom is 0.227 e. The lowest BCUT2D eigenvalue weighted by Gasteiger charge is -2.16. The molecular weight excluding hydrogens is 329 g/mol. The molecule has 4 rings (SSSR count). The zero-order valence-corrected chi connectivity index (χ0v) is 14.6. The first-order chi connectivity index (χ1) is 12.7. The minimum atomic E-state index is -0.268. The highest BCUT2D eigenvalue weighted by atomic mass is 19.1. The number of rotatable bonds is 7. The third kappa shape index (κ3) is 3.62. The number of nitrogens with zero attached hydrogens (tertiary/aromatic N) is 2. The minimum absolute atomic E-state index is 0.0482. The van der Waals surface area contributed by atoms with E-state index in [1.807, 2.05) is 30.6 Å². The van der Waals surface area contributed by atoms with Crippen molar-refractivity contribution in [3.63, 3.8) is 0 Å². The molecule has 0 saturated heterocycles. The van der Waals surface area contributed by atoms with Crippen LogP contribution in [0, 0.1) is 11.7 Å². The number of fused-ring (bicyclic) bond motifs is 1. The van der Waals surface area contributed by atoms with Crippen molar-refractivity contribution in [2.75, 3.05) is 6.54 Å². The fourth-order valence-corrected chi connectivity index (χ4v) is 3.49. The van der Waals surface area contributed by atoms with Crippen molar-refractivity contribution < 1.29 is 9.18 Å². The van der Waals surface area contributed by atoms with E-state index in [-0.39, 0.29) is 17.6 Å². The number of benzene rings is 1. The van der Waals surface area contributed by atoms with Crippen LogP contribution in [0.25, 0.3) is 5.52 Å².